The van der Waals surface area contributed by atoms with E-state index in [-0.39, 0.29) is 48.3 Å². The van der Waals surface area contributed by atoms with Crippen molar-refractivity contribution in [2.75, 3.05) is 53.6 Å². The number of fused-ring (bicyclic) bond motifs is 6. The number of methoxy groups -OCH3 is 1. The Kier molecular flexibility index (Phi) is 13.1. The molecule has 0 unspecified atom stereocenters. The summed E-state index contributed by atoms with van der Waals surface area (Å²) in [5.41, 5.74) is 10.5. The van der Waals surface area contributed by atoms with Crippen molar-refractivity contribution in [3.8, 4) is 22.4 Å². The van der Waals surface area contributed by atoms with E-state index in [9.17, 15) is 19.2 Å². The molecule has 4 atom stereocenters. The van der Waals surface area contributed by atoms with E-state index >= 15 is 0 Å². The SMILES string of the molecule is C=CC(=O)N1CC2(C1)CN([C@H](C(=O)N[C@H]1Cc3cccc(c3)-c3ccc4c(c3)c(c(-c3cccnc3[C@H](C)OC)n4CC)CC(C)(C)COC(=O)[C@@H]3CCCN(N3)C1=O)C(C)C)CN2C. The molecule has 65 heavy (non-hydrogen) atoms. The molecule has 8 rings (SSSR count). The highest BCUT2D eigenvalue weighted by Crippen LogP contribution is 2.42. The highest BCUT2D eigenvalue weighted by atomic mass is 16.5. The lowest BCUT2D eigenvalue weighted by atomic mass is 9.84. The molecule has 14 nitrogen and oxygen atoms in total. The number of hydrazine groups is 1. The van der Waals surface area contributed by atoms with Crippen LogP contribution in [0.3, 0.4) is 0 Å². The molecule has 3 fully saturated rings. The Bertz CT molecular complexity index is 2470. The monoisotopic (exact) mass is 887 g/mol. The number of pyridine rings is 1. The molecule has 2 aromatic heterocycles. The number of nitrogens with zero attached hydrogens (tertiary/aromatic N) is 6. The van der Waals surface area contributed by atoms with Crippen molar-refractivity contribution >= 4 is 34.6 Å². The zero-order chi connectivity index (χ0) is 46.4. The van der Waals surface area contributed by atoms with Gasteiger partial charge in [0.05, 0.1) is 42.3 Å². The van der Waals surface area contributed by atoms with E-state index in [0.717, 1.165) is 56.7 Å². The first-order chi connectivity index (χ1) is 31.1. The summed E-state index contributed by atoms with van der Waals surface area (Å²) < 4.78 is 14.3. The van der Waals surface area contributed by atoms with Crippen molar-refractivity contribution in [2.45, 2.75) is 104 Å². The maximum Gasteiger partial charge on any atom is 0.324 e. The molecule has 2 aromatic carbocycles. The van der Waals surface area contributed by atoms with E-state index in [1.807, 2.05) is 52.2 Å². The first-order valence-corrected chi connectivity index (χ1v) is 23.2. The Morgan fingerprint density at radius 3 is 2.55 bits per heavy atom. The minimum Gasteiger partial charge on any atom is -0.464 e. The standard InChI is InChI=1S/C51H66N8O6/c1-10-43(60)56-27-51(28-56)29-57(31-55(51)8)45(32(3)4)47(61)53-41-24-34-15-12-16-35(23-34)36-19-20-42-38(25-36)39(46(58(42)11-2)37-17-13-21-52-44(37)33(5)64-9)26-50(6,7)30-65-49(63)40-18-14-22-59(54-40)48(41)62/h10,12-13,15-17,19-21,23,25,32-33,40-41,45,54H,1,11,14,18,22,24,26-31H2,2-9H3,(H,53,61)/t33-,40-,41-,45-/m0/s1. The summed E-state index contributed by atoms with van der Waals surface area (Å²) in [4.78, 5) is 66.8. The zero-order valence-electron chi connectivity index (χ0n) is 39.4. The second-order valence-corrected chi connectivity index (χ2v) is 19.7. The number of ether oxygens (including phenoxy) is 2. The number of carbonyl (C=O) groups excluding carboxylic acids is 4. The molecule has 4 aliphatic heterocycles. The largest absolute Gasteiger partial charge is 0.464 e. The number of aryl methyl sites for hydroxylation is 1. The summed E-state index contributed by atoms with van der Waals surface area (Å²) in [6, 6.07) is 16.7. The Balaban J connectivity index is 1.18. The predicted octanol–water partition coefficient (Wildman–Crippen LogP) is 5.74. The summed E-state index contributed by atoms with van der Waals surface area (Å²) in [6.07, 6.45) is 4.86. The zero-order valence-corrected chi connectivity index (χ0v) is 39.4. The second-order valence-electron chi connectivity index (χ2n) is 19.7. The number of carbonyl (C=O) groups is 4. The average Bonchev–Trinajstić information content (AvgIpc) is 3.79. The maximum absolute atomic E-state index is 14.8. The number of amides is 3. The molecule has 6 bridgehead atoms. The van der Waals surface area contributed by atoms with Gasteiger partial charge >= 0.3 is 5.97 Å². The van der Waals surface area contributed by atoms with Crippen molar-refractivity contribution < 1.29 is 28.7 Å². The van der Waals surface area contributed by atoms with Gasteiger partial charge < -0.3 is 24.3 Å². The minimum atomic E-state index is -0.934. The Morgan fingerprint density at radius 2 is 1.83 bits per heavy atom. The lowest BCUT2D eigenvalue weighted by Crippen LogP contribution is -2.70. The van der Waals surface area contributed by atoms with Crippen LogP contribution in [0.15, 0.2) is 73.4 Å². The molecular weight excluding hydrogens is 821 g/mol. The smallest absolute Gasteiger partial charge is 0.324 e. The minimum absolute atomic E-state index is 0.0743. The van der Waals surface area contributed by atoms with Crippen molar-refractivity contribution in [1.82, 2.24) is 40.0 Å². The van der Waals surface area contributed by atoms with E-state index in [2.05, 4.69) is 88.9 Å². The van der Waals surface area contributed by atoms with Gasteiger partial charge in [-0.2, -0.15) is 0 Å². The highest BCUT2D eigenvalue weighted by molar-refractivity contribution is 5.96. The first kappa shape index (κ1) is 46.1. The third-order valence-corrected chi connectivity index (χ3v) is 14.1. The molecule has 1 spiro atoms. The van der Waals surface area contributed by atoms with Gasteiger partial charge in [0, 0.05) is 74.3 Å². The number of hydrogen-bond donors (Lipinski definition) is 2. The number of likely N-dealkylation sites (N-methyl/N-ethyl adjacent to an activating group) is 1. The van der Waals surface area contributed by atoms with E-state index in [4.69, 9.17) is 14.5 Å². The van der Waals surface area contributed by atoms with E-state index in [0.29, 0.717) is 52.1 Å². The van der Waals surface area contributed by atoms with Crippen LogP contribution in [0.4, 0.5) is 0 Å². The average molecular weight is 887 g/mol. The van der Waals surface area contributed by atoms with Crippen LogP contribution in [0, 0.1) is 11.3 Å². The molecule has 14 heteroatoms. The fourth-order valence-corrected chi connectivity index (χ4v) is 10.6. The second kappa shape index (κ2) is 18.5. The van der Waals surface area contributed by atoms with E-state index in [1.54, 1.807) is 12.0 Å². The lowest BCUT2D eigenvalue weighted by Gasteiger charge is -2.51. The Labute approximate surface area is 383 Å². The molecular formula is C51H66N8O6. The molecule has 6 heterocycles. The molecule has 0 saturated carbocycles. The number of cyclic esters (lactones) is 1. The fraction of sp³-hybridized carbons (Fsp3) is 0.510. The number of hydrogen-bond acceptors (Lipinski definition) is 10. The Hall–Kier alpha value is -5.41. The summed E-state index contributed by atoms with van der Waals surface area (Å²) >= 11 is 0. The van der Waals surface area contributed by atoms with Gasteiger partial charge in [0.25, 0.3) is 5.91 Å². The molecule has 2 N–H and O–H groups in total. The van der Waals surface area contributed by atoms with Gasteiger partial charge in [0.2, 0.25) is 11.8 Å². The van der Waals surface area contributed by atoms with Crippen LogP contribution in [0.1, 0.15) is 77.3 Å². The van der Waals surface area contributed by atoms with Crippen LogP contribution in [0.25, 0.3) is 33.3 Å². The number of nitrogens with one attached hydrogen (secondary N) is 2. The summed E-state index contributed by atoms with van der Waals surface area (Å²) in [7, 11) is 3.74. The van der Waals surface area contributed by atoms with Crippen molar-refractivity contribution in [2.24, 2.45) is 11.3 Å². The van der Waals surface area contributed by atoms with Gasteiger partial charge in [-0.15, -0.1) is 0 Å². The molecule has 3 saturated heterocycles. The quantitative estimate of drug-likeness (QED) is 0.158. The van der Waals surface area contributed by atoms with Crippen molar-refractivity contribution in [3.63, 3.8) is 0 Å². The summed E-state index contributed by atoms with van der Waals surface area (Å²) in [6.45, 7) is 19.7. The van der Waals surface area contributed by atoms with Crippen LogP contribution in [-0.4, -0.2) is 130 Å². The highest BCUT2D eigenvalue weighted by Gasteiger charge is 2.54. The topological polar surface area (TPSA) is 142 Å². The van der Waals surface area contributed by atoms with Crippen LogP contribution >= 0.6 is 0 Å². The van der Waals surface area contributed by atoms with Crippen LogP contribution in [0.5, 0.6) is 0 Å². The molecule has 4 aromatic rings. The number of benzene rings is 2. The number of aromatic nitrogens is 2. The van der Waals surface area contributed by atoms with Crippen LogP contribution in [0.2, 0.25) is 0 Å². The third-order valence-electron chi connectivity index (χ3n) is 14.1. The van der Waals surface area contributed by atoms with Crippen molar-refractivity contribution in [1.29, 1.82) is 0 Å². The molecule has 0 radical (unpaired) electrons. The van der Waals surface area contributed by atoms with Crippen molar-refractivity contribution in [3.05, 3.63) is 90.3 Å². The normalized spacial score (nSPS) is 22.4. The lowest BCUT2D eigenvalue weighted by molar-refractivity contribution is -0.155. The molecule has 3 amide bonds. The fourth-order valence-electron chi connectivity index (χ4n) is 10.6. The maximum atomic E-state index is 14.8. The van der Waals surface area contributed by atoms with E-state index < -0.39 is 29.5 Å². The molecule has 0 aliphatic carbocycles. The summed E-state index contributed by atoms with van der Waals surface area (Å²) in [5.74, 6) is -1.13. The number of esters is 1. The van der Waals surface area contributed by atoms with Gasteiger partial charge in [-0.3, -0.25) is 39.0 Å². The molecule has 4 aliphatic rings. The molecule has 346 valence electrons. The van der Waals surface area contributed by atoms with Crippen LogP contribution < -0.4 is 10.7 Å². The van der Waals surface area contributed by atoms with Gasteiger partial charge in [-0.05, 0) is 98.7 Å². The van der Waals surface area contributed by atoms with Gasteiger partial charge in [-0.25, -0.2) is 5.43 Å². The predicted molar refractivity (Wildman–Crippen MR) is 251 cm³/mol. The van der Waals surface area contributed by atoms with Gasteiger partial charge in [0.1, 0.15) is 12.1 Å². The number of rotatable bonds is 9. The van der Waals surface area contributed by atoms with Gasteiger partial charge in [0.15, 0.2) is 0 Å². The summed E-state index contributed by atoms with van der Waals surface area (Å²) in [5, 5.41) is 5.83. The van der Waals surface area contributed by atoms with E-state index in [1.165, 1.54) is 11.1 Å². The van der Waals surface area contributed by atoms with Gasteiger partial charge in [-0.1, -0.05) is 64.6 Å². The van der Waals surface area contributed by atoms with Crippen LogP contribution in [-0.2, 0) is 48.0 Å². The Morgan fingerprint density at radius 1 is 1.06 bits per heavy atom. The third kappa shape index (κ3) is 8.97. The number of likely N-dealkylation sites (tertiary alicyclic amines) is 1. The first-order valence-electron chi connectivity index (χ1n) is 23.2.